The van der Waals surface area contributed by atoms with Crippen molar-refractivity contribution in [1.82, 2.24) is 5.32 Å². The van der Waals surface area contributed by atoms with Gasteiger partial charge in [0.1, 0.15) is 5.75 Å². The van der Waals surface area contributed by atoms with Crippen LogP contribution >= 0.6 is 15.9 Å². The lowest BCUT2D eigenvalue weighted by molar-refractivity contribution is 0.102. The van der Waals surface area contributed by atoms with E-state index in [-0.39, 0.29) is 11.4 Å². The Bertz CT molecular complexity index is 1150. The number of carbonyl (C=O) groups excluding carboxylic acids is 1. The van der Waals surface area contributed by atoms with E-state index in [1.807, 2.05) is 54.6 Å². The molecule has 0 aliphatic carbocycles. The minimum atomic E-state index is -0.184. The van der Waals surface area contributed by atoms with Crippen LogP contribution in [0.2, 0.25) is 0 Å². The second-order valence-electron chi connectivity index (χ2n) is 8.72. The van der Waals surface area contributed by atoms with Gasteiger partial charge < -0.3 is 25.6 Å². The average molecular weight is 509 g/mol. The number of ether oxygens (including phenoxy) is 1. The van der Waals surface area contributed by atoms with Crippen LogP contribution in [0.1, 0.15) is 24.2 Å². The third-order valence-electron chi connectivity index (χ3n) is 5.67. The Kier molecular flexibility index (Phi) is 6.91. The molecular formula is C26H29BrN4O2. The minimum Gasteiger partial charge on any atom is -0.495 e. The van der Waals surface area contributed by atoms with E-state index in [0.717, 1.165) is 41.2 Å². The van der Waals surface area contributed by atoms with Crippen LogP contribution in [0.5, 0.6) is 5.75 Å². The van der Waals surface area contributed by atoms with Gasteiger partial charge in [0.05, 0.1) is 29.7 Å². The number of nitrogens with zero attached hydrogens (tertiary/aromatic N) is 1. The first-order valence-electron chi connectivity index (χ1n) is 11.0. The quantitative estimate of drug-likeness (QED) is 0.401. The smallest absolute Gasteiger partial charge is 0.257 e. The van der Waals surface area contributed by atoms with Gasteiger partial charge in [-0.2, -0.15) is 0 Å². The lowest BCUT2D eigenvalue weighted by Crippen LogP contribution is -2.57. The molecule has 0 saturated carbocycles. The van der Waals surface area contributed by atoms with E-state index < -0.39 is 0 Å². The summed E-state index contributed by atoms with van der Waals surface area (Å²) >= 11 is 3.70. The van der Waals surface area contributed by atoms with E-state index in [0.29, 0.717) is 17.0 Å². The fourth-order valence-electron chi connectivity index (χ4n) is 4.07. The van der Waals surface area contributed by atoms with Crippen molar-refractivity contribution in [3.05, 3.63) is 76.8 Å². The van der Waals surface area contributed by atoms with Crippen LogP contribution in [0.4, 0.5) is 22.7 Å². The molecule has 1 amide bonds. The van der Waals surface area contributed by atoms with Gasteiger partial charge in [0.2, 0.25) is 0 Å². The summed E-state index contributed by atoms with van der Waals surface area (Å²) in [6.45, 7) is 7.21. The molecule has 0 atom stereocenters. The highest BCUT2D eigenvalue weighted by Gasteiger charge is 2.26. The van der Waals surface area contributed by atoms with Crippen LogP contribution in [-0.2, 0) is 0 Å². The number of hydrogen-bond acceptors (Lipinski definition) is 5. The number of hydrogen-bond donors (Lipinski definition) is 3. The summed E-state index contributed by atoms with van der Waals surface area (Å²) in [5.74, 6) is 0.527. The molecule has 1 saturated heterocycles. The Balaban J connectivity index is 1.52. The van der Waals surface area contributed by atoms with Crippen molar-refractivity contribution >= 4 is 44.6 Å². The molecule has 0 spiro atoms. The second kappa shape index (κ2) is 9.85. The number of piperazine rings is 1. The molecule has 0 bridgehead atoms. The number of rotatable bonds is 6. The molecule has 172 valence electrons. The third-order valence-corrected chi connectivity index (χ3v) is 6.30. The topological polar surface area (TPSA) is 65.6 Å². The first-order chi connectivity index (χ1) is 15.9. The zero-order valence-corrected chi connectivity index (χ0v) is 20.7. The van der Waals surface area contributed by atoms with Gasteiger partial charge in [0, 0.05) is 35.3 Å². The Labute approximate surface area is 203 Å². The SMILES string of the molecule is COc1ccccc1Nc1ccccc1C(=O)Nc1ccc(N2CCNC(C)(C)C2)c(Br)c1. The summed E-state index contributed by atoms with van der Waals surface area (Å²) in [5, 5.41) is 9.89. The molecule has 3 aromatic rings. The van der Waals surface area contributed by atoms with E-state index >= 15 is 0 Å². The summed E-state index contributed by atoms with van der Waals surface area (Å²) in [6.07, 6.45) is 0. The first kappa shape index (κ1) is 23.1. The predicted octanol–water partition coefficient (Wildman–Crippen LogP) is 5.64. The number of carbonyl (C=O) groups is 1. The number of nitrogens with one attached hydrogen (secondary N) is 3. The van der Waals surface area contributed by atoms with Crippen LogP contribution in [0, 0.1) is 0 Å². The van der Waals surface area contributed by atoms with Gasteiger partial charge in [-0.15, -0.1) is 0 Å². The van der Waals surface area contributed by atoms with Gasteiger partial charge >= 0.3 is 0 Å². The molecule has 1 heterocycles. The number of anilines is 4. The molecule has 7 heteroatoms. The monoisotopic (exact) mass is 508 g/mol. The molecule has 6 nitrogen and oxygen atoms in total. The predicted molar refractivity (Wildman–Crippen MR) is 139 cm³/mol. The molecule has 0 aromatic heterocycles. The van der Waals surface area contributed by atoms with Gasteiger partial charge in [-0.1, -0.05) is 24.3 Å². The van der Waals surface area contributed by atoms with Crippen molar-refractivity contribution in [2.45, 2.75) is 19.4 Å². The van der Waals surface area contributed by atoms with Crippen LogP contribution in [0.3, 0.4) is 0 Å². The van der Waals surface area contributed by atoms with Gasteiger partial charge in [0.15, 0.2) is 0 Å². The van der Waals surface area contributed by atoms with Crippen LogP contribution in [0.15, 0.2) is 71.2 Å². The molecule has 3 N–H and O–H groups in total. The summed E-state index contributed by atoms with van der Waals surface area (Å²) in [7, 11) is 1.63. The van der Waals surface area contributed by atoms with Gasteiger partial charge in [0.25, 0.3) is 5.91 Å². The van der Waals surface area contributed by atoms with E-state index in [2.05, 4.69) is 56.7 Å². The zero-order chi connectivity index (χ0) is 23.4. The Hall–Kier alpha value is -3.03. The zero-order valence-electron chi connectivity index (χ0n) is 19.1. The average Bonchev–Trinajstić information content (AvgIpc) is 2.79. The van der Waals surface area contributed by atoms with Crippen LogP contribution in [0.25, 0.3) is 0 Å². The molecule has 1 fully saturated rings. The number of para-hydroxylation sites is 3. The molecule has 33 heavy (non-hydrogen) atoms. The molecule has 3 aromatic carbocycles. The Morgan fingerprint density at radius 1 is 1.06 bits per heavy atom. The maximum Gasteiger partial charge on any atom is 0.257 e. The molecule has 4 rings (SSSR count). The van der Waals surface area contributed by atoms with Crippen molar-refractivity contribution in [2.75, 3.05) is 42.3 Å². The summed E-state index contributed by atoms with van der Waals surface area (Å²) in [5.41, 5.74) is 3.97. The maximum absolute atomic E-state index is 13.1. The minimum absolute atomic E-state index is 0.0583. The molecule has 1 aliphatic heterocycles. The van der Waals surface area contributed by atoms with Crippen LogP contribution < -0.4 is 25.6 Å². The number of halogens is 1. The van der Waals surface area contributed by atoms with Crippen molar-refractivity contribution in [3.63, 3.8) is 0 Å². The van der Waals surface area contributed by atoms with E-state index in [4.69, 9.17) is 4.74 Å². The fraction of sp³-hybridized carbons (Fsp3) is 0.269. The molecule has 0 radical (unpaired) electrons. The normalized spacial score (nSPS) is 15.1. The highest BCUT2D eigenvalue weighted by molar-refractivity contribution is 9.10. The van der Waals surface area contributed by atoms with Crippen LogP contribution in [-0.4, -0.2) is 38.2 Å². The van der Waals surface area contributed by atoms with E-state index in [1.165, 1.54) is 0 Å². The highest BCUT2D eigenvalue weighted by Crippen LogP contribution is 2.32. The highest BCUT2D eigenvalue weighted by atomic mass is 79.9. The molecule has 0 unspecified atom stereocenters. The van der Waals surface area contributed by atoms with Crippen molar-refractivity contribution in [1.29, 1.82) is 0 Å². The largest absolute Gasteiger partial charge is 0.495 e. The fourth-order valence-corrected chi connectivity index (χ4v) is 4.70. The summed E-state index contributed by atoms with van der Waals surface area (Å²) in [4.78, 5) is 15.5. The maximum atomic E-state index is 13.1. The lowest BCUT2D eigenvalue weighted by Gasteiger charge is -2.40. The van der Waals surface area contributed by atoms with Crippen molar-refractivity contribution < 1.29 is 9.53 Å². The molecule has 1 aliphatic rings. The van der Waals surface area contributed by atoms with Crippen molar-refractivity contribution in [2.24, 2.45) is 0 Å². The van der Waals surface area contributed by atoms with Crippen molar-refractivity contribution in [3.8, 4) is 5.75 Å². The number of benzene rings is 3. The number of methoxy groups -OCH3 is 1. The molecular weight excluding hydrogens is 480 g/mol. The van der Waals surface area contributed by atoms with Gasteiger partial charge in [-0.05, 0) is 72.2 Å². The summed E-state index contributed by atoms with van der Waals surface area (Å²) in [6, 6.07) is 21.0. The second-order valence-corrected chi connectivity index (χ2v) is 9.58. The first-order valence-corrected chi connectivity index (χ1v) is 11.8. The van der Waals surface area contributed by atoms with Gasteiger partial charge in [-0.25, -0.2) is 0 Å². The van der Waals surface area contributed by atoms with Gasteiger partial charge in [-0.3, -0.25) is 4.79 Å². The van der Waals surface area contributed by atoms with E-state index in [9.17, 15) is 4.79 Å². The lowest BCUT2D eigenvalue weighted by atomic mass is 10.0. The number of amides is 1. The third kappa shape index (κ3) is 5.49. The Morgan fingerprint density at radius 3 is 2.52 bits per heavy atom. The Morgan fingerprint density at radius 2 is 1.79 bits per heavy atom. The standard InChI is InChI=1S/C26H29BrN4O2/c1-26(2)17-31(15-14-28-26)23-13-12-18(16-20(23)27)29-25(32)19-8-4-5-9-21(19)30-22-10-6-7-11-24(22)33-3/h4-13,16,28,30H,14-15,17H2,1-3H3,(H,29,32). The summed E-state index contributed by atoms with van der Waals surface area (Å²) < 4.78 is 6.38. The van der Waals surface area contributed by atoms with E-state index in [1.54, 1.807) is 13.2 Å².